The highest BCUT2D eigenvalue weighted by Crippen LogP contribution is 2.39. The van der Waals surface area contributed by atoms with Crippen LogP contribution in [0.4, 0.5) is 0 Å². The lowest BCUT2D eigenvalue weighted by molar-refractivity contribution is -0.265. The SMILES string of the molecule is C\C1=C/C=C/C=C/[C@@H](C)C[C@@H](C)C(=O)[C@H](CO)[C@H](O)/C(C)=C/[C@@H](C)C(=O)C[C@@H]([C@H](C)C[C@@H]2CC[C@@H](O)[C@H](CO)C2)CC(=O)[C@@H]2CCCCN2C(=O)C(=O)C2(O)O[C@@H](CC[C@H]2C)CC1O. The van der Waals surface area contributed by atoms with E-state index >= 15 is 0 Å². The van der Waals surface area contributed by atoms with E-state index in [1.807, 2.05) is 26.0 Å². The summed E-state index contributed by atoms with van der Waals surface area (Å²) in [5.41, 5.74) is 0.995. The Hall–Kier alpha value is -3.17. The summed E-state index contributed by atoms with van der Waals surface area (Å²) in [4.78, 5) is 71.8. The van der Waals surface area contributed by atoms with E-state index in [0.717, 1.165) is 6.42 Å². The molecule has 4 rings (SSSR count). The molecule has 13 nitrogen and oxygen atoms in total. The van der Waals surface area contributed by atoms with Gasteiger partial charge in [-0.05, 0) is 113 Å². The Morgan fingerprint density at radius 2 is 1.52 bits per heavy atom. The van der Waals surface area contributed by atoms with E-state index in [-0.39, 0.29) is 73.4 Å². The quantitative estimate of drug-likeness (QED) is 0.152. The van der Waals surface area contributed by atoms with Crippen LogP contribution < -0.4 is 0 Å². The number of aliphatic hydroxyl groups is 6. The fourth-order valence-electron chi connectivity index (χ4n) is 10.5. The van der Waals surface area contributed by atoms with Gasteiger partial charge in [0.2, 0.25) is 5.79 Å². The zero-order valence-corrected chi connectivity index (χ0v) is 39.4. The van der Waals surface area contributed by atoms with Gasteiger partial charge in [0, 0.05) is 56.1 Å². The van der Waals surface area contributed by atoms with Crippen LogP contribution in [0.15, 0.2) is 47.6 Å². The van der Waals surface area contributed by atoms with E-state index < -0.39 is 84.1 Å². The second kappa shape index (κ2) is 24.6. The fraction of sp³-hybridized carbons (Fsp3) is 0.745. The number of ketones is 4. The average Bonchev–Trinajstić information content (AvgIpc) is 3.26. The van der Waals surface area contributed by atoms with Crippen LogP contribution in [-0.4, -0.2) is 121 Å². The summed E-state index contributed by atoms with van der Waals surface area (Å²) in [6, 6.07) is -0.960. The van der Waals surface area contributed by atoms with Crippen molar-refractivity contribution < 1.29 is 59.3 Å². The highest BCUT2D eigenvalue weighted by molar-refractivity contribution is 6.39. The lowest BCUT2D eigenvalue weighted by Gasteiger charge is -2.42. The van der Waals surface area contributed by atoms with Gasteiger partial charge in [-0.25, -0.2) is 0 Å². The van der Waals surface area contributed by atoms with E-state index in [2.05, 4.69) is 0 Å². The minimum atomic E-state index is -2.45. The summed E-state index contributed by atoms with van der Waals surface area (Å²) in [5.74, 6) is -9.16. The van der Waals surface area contributed by atoms with Gasteiger partial charge in [-0.2, -0.15) is 0 Å². The van der Waals surface area contributed by atoms with Gasteiger partial charge in [0.1, 0.15) is 11.6 Å². The number of piperidine rings is 1. The molecule has 15 atom stereocenters. The molecule has 2 bridgehead atoms. The first-order chi connectivity index (χ1) is 30.2. The van der Waals surface area contributed by atoms with Gasteiger partial charge in [0.25, 0.3) is 11.7 Å². The zero-order valence-electron chi connectivity index (χ0n) is 39.4. The summed E-state index contributed by atoms with van der Waals surface area (Å²) in [5, 5.41) is 65.0. The lowest BCUT2D eigenvalue weighted by Crippen LogP contribution is -2.60. The number of amides is 1. The van der Waals surface area contributed by atoms with Gasteiger partial charge >= 0.3 is 0 Å². The molecule has 1 aliphatic carbocycles. The molecule has 0 spiro atoms. The van der Waals surface area contributed by atoms with Gasteiger partial charge in [0.15, 0.2) is 5.78 Å². The zero-order chi connectivity index (χ0) is 47.5. The Balaban J connectivity index is 1.69. The maximum absolute atomic E-state index is 14.5. The first-order valence-electron chi connectivity index (χ1n) is 24.0. The molecule has 3 fully saturated rings. The summed E-state index contributed by atoms with van der Waals surface area (Å²) in [6.45, 7) is 11.9. The molecule has 2 saturated heterocycles. The number of aliphatic hydroxyl groups excluding tert-OH is 5. The first kappa shape index (κ1) is 53.4. The fourth-order valence-corrected chi connectivity index (χ4v) is 10.5. The molecule has 13 heteroatoms. The van der Waals surface area contributed by atoms with E-state index in [1.165, 1.54) is 4.90 Å². The van der Waals surface area contributed by atoms with Crippen molar-refractivity contribution in [1.29, 1.82) is 0 Å². The first-order valence-corrected chi connectivity index (χ1v) is 24.0. The van der Waals surface area contributed by atoms with Crippen molar-refractivity contribution in [3.63, 3.8) is 0 Å². The van der Waals surface area contributed by atoms with Gasteiger partial charge < -0.3 is 40.3 Å². The third-order valence-electron chi connectivity index (χ3n) is 15.0. The highest BCUT2D eigenvalue weighted by atomic mass is 16.6. The summed E-state index contributed by atoms with van der Waals surface area (Å²) in [6.07, 6.45) is 12.4. The molecule has 3 aliphatic heterocycles. The van der Waals surface area contributed by atoms with Crippen molar-refractivity contribution in [3.8, 4) is 0 Å². The van der Waals surface area contributed by atoms with Crippen LogP contribution in [0.3, 0.4) is 0 Å². The number of fused-ring (bicyclic) bond motifs is 3. The number of ether oxygens (including phenoxy) is 1. The Bertz CT molecular complexity index is 1740. The monoisotopic (exact) mass is 898 g/mol. The smallest absolute Gasteiger partial charge is 0.296 e. The highest BCUT2D eigenvalue weighted by Gasteiger charge is 2.53. The number of carbonyl (C=O) groups is 5. The van der Waals surface area contributed by atoms with Crippen LogP contribution >= 0.6 is 0 Å². The van der Waals surface area contributed by atoms with Crippen molar-refractivity contribution in [2.75, 3.05) is 19.8 Å². The molecule has 4 aliphatic rings. The predicted octanol–water partition coefficient (Wildman–Crippen LogP) is 5.38. The number of rotatable bonds is 5. The number of hydrogen-bond acceptors (Lipinski definition) is 12. The summed E-state index contributed by atoms with van der Waals surface area (Å²) < 4.78 is 6.03. The van der Waals surface area contributed by atoms with Crippen molar-refractivity contribution in [1.82, 2.24) is 4.90 Å². The van der Waals surface area contributed by atoms with Gasteiger partial charge in [-0.15, -0.1) is 0 Å². The van der Waals surface area contributed by atoms with Crippen molar-refractivity contribution in [2.45, 2.75) is 168 Å². The topological polar surface area (TPSA) is 219 Å². The molecule has 0 aromatic heterocycles. The molecule has 3 heterocycles. The third-order valence-corrected chi connectivity index (χ3v) is 15.0. The number of Topliss-reactive ketones (excluding diaryl/α,β-unsaturated/α-hetero) is 4. The molecule has 0 aromatic rings. The molecular formula is C51H79NO12. The predicted molar refractivity (Wildman–Crippen MR) is 243 cm³/mol. The van der Waals surface area contributed by atoms with Crippen molar-refractivity contribution in [2.24, 2.45) is 53.3 Å². The molecule has 0 radical (unpaired) electrons. The number of hydrogen-bond donors (Lipinski definition) is 6. The number of allylic oxidation sites excluding steroid dienone is 6. The van der Waals surface area contributed by atoms with Crippen molar-refractivity contribution >= 4 is 29.0 Å². The van der Waals surface area contributed by atoms with Crippen molar-refractivity contribution in [3.05, 3.63) is 47.6 Å². The van der Waals surface area contributed by atoms with Crippen LogP contribution in [-0.2, 0) is 28.7 Å². The second-order valence-corrected chi connectivity index (χ2v) is 20.1. The summed E-state index contributed by atoms with van der Waals surface area (Å²) in [7, 11) is 0. The molecule has 1 saturated carbocycles. The Morgan fingerprint density at radius 1 is 0.812 bits per heavy atom. The Morgan fingerprint density at radius 3 is 2.20 bits per heavy atom. The van der Waals surface area contributed by atoms with Gasteiger partial charge in [-0.1, -0.05) is 71.1 Å². The molecule has 1 amide bonds. The molecule has 2 unspecified atom stereocenters. The Kier molecular flexibility index (Phi) is 20.5. The van der Waals surface area contributed by atoms with Crippen LogP contribution in [0.25, 0.3) is 0 Å². The standard InChI is InChI=1S/C51H79NO12/c1-30-13-9-8-10-14-31(2)45(57)27-40-18-16-36(7)51(63,64-40)49(61)50(62)52-20-12-11-15-42(52)46(58)26-38(32(3)23-37-17-19-43(55)39(24-37)28-53)25-44(56)33(4)22-35(6)48(60)41(29-54)47(59)34(5)21-30/h8-10,13-14,22,30,32-34,36-43,45,48,53-55,57,60,63H,11-12,15-21,23-29H2,1-7H3/b10-8+,13-9+,31-14+,35-22+/t30-,32-,33-,34-,36-,37+,38-,39+,40+,41+,42+,43-,45?,48-,51?/m1/s1. The maximum Gasteiger partial charge on any atom is 0.296 e. The molecular weight excluding hydrogens is 819 g/mol. The minimum Gasteiger partial charge on any atom is -0.396 e. The normalized spacial score (nSPS) is 41.0. The largest absolute Gasteiger partial charge is 0.396 e. The summed E-state index contributed by atoms with van der Waals surface area (Å²) >= 11 is 0. The van der Waals surface area contributed by atoms with Crippen LogP contribution in [0.1, 0.15) is 132 Å². The minimum absolute atomic E-state index is 0.000679. The van der Waals surface area contributed by atoms with E-state index in [4.69, 9.17) is 4.74 Å². The van der Waals surface area contributed by atoms with Crippen LogP contribution in [0.5, 0.6) is 0 Å². The average molecular weight is 898 g/mol. The third kappa shape index (κ3) is 13.9. The van der Waals surface area contributed by atoms with Crippen LogP contribution in [0, 0.1) is 53.3 Å². The van der Waals surface area contributed by atoms with Crippen LogP contribution in [0.2, 0.25) is 0 Å². The molecule has 64 heavy (non-hydrogen) atoms. The van der Waals surface area contributed by atoms with E-state index in [9.17, 15) is 54.6 Å². The lowest BCUT2D eigenvalue weighted by atomic mass is 9.72. The maximum atomic E-state index is 14.5. The molecule has 360 valence electrons. The van der Waals surface area contributed by atoms with Gasteiger partial charge in [-0.3, -0.25) is 24.0 Å². The Labute approximate surface area is 381 Å². The molecule has 6 N–H and O–H groups in total. The second-order valence-electron chi connectivity index (χ2n) is 20.1. The van der Waals surface area contributed by atoms with E-state index in [1.54, 1.807) is 58.9 Å². The molecule has 0 aromatic carbocycles. The van der Waals surface area contributed by atoms with E-state index in [0.29, 0.717) is 68.9 Å². The number of carbonyl (C=O) groups excluding carboxylic acids is 5. The van der Waals surface area contributed by atoms with Gasteiger partial charge in [0.05, 0.1) is 43.0 Å². The number of nitrogens with zero attached hydrogens (tertiary/aromatic N) is 1.